The number of amides is 1. The number of nitrogens with zero attached hydrogens (tertiary/aromatic N) is 3. The fourth-order valence-corrected chi connectivity index (χ4v) is 2.47. The van der Waals surface area contributed by atoms with Gasteiger partial charge in [-0.15, -0.1) is 0 Å². The summed E-state index contributed by atoms with van der Waals surface area (Å²) in [5.74, 6) is -0.942. The van der Waals surface area contributed by atoms with Gasteiger partial charge in [0, 0.05) is 12.7 Å². The molecule has 0 aliphatic rings. The van der Waals surface area contributed by atoms with E-state index in [0.717, 1.165) is 12.2 Å². The van der Waals surface area contributed by atoms with E-state index in [2.05, 4.69) is 29.2 Å². The number of hydrogen-bond acceptors (Lipinski definition) is 4. The summed E-state index contributed by atoms with van der Waals surface area (Å²) in [6.45, 7) is 9.03. The van der Waals surface area contributed by atoms with E-state index in [9.17, 15) is 9.59 Å². The maximum absolute atomic E-state index is 12.4. The predicted molar refractivity (Wildman–Crippen MR) is 90.3 cm³/mol. The largest absolute Gasteiger partial charge is 0.478 e. The molecule has 7 heteroatoms. The van der Waals surface area contributed by atoms with E-state index in [-0.39, 0.29) is 17.2 Å². The fraction of sp³-hybridized carbons (Fsp3) is 0.412. The van der Waals surface area contributed by atoms with Crippen LogP contribution in [0.2, 0.25) is 0 Å². The van der Waals surface area contributed by atoms with Gasteiger partial charge in [-0.1, -0.05) is 27.7 Å². The highest BCUT2D eigenvalue weighted by Crippen LogP contribution is 2.25. The van der Waals surface area contributed by atoms with E-state index in [1.807, 2.05) is 18.5 Å². The summed E-state index contributed by atoms with van der Waals surface area (Å²) in [7, 11) is 0. The van der Waals surface area contributed by atoms with Crippen molar-refractivity contribution in [1.29, 1.82) is 0 Å². The number of rotatable bonds is 6. The van der Waals surface area contributed by atoms with Gasteiger partial charge < -0.3 is 10.4 Å². The minimum Gasteiger partial charge on any atom is -0.478 e. The molecule has 2 rings (SSSR count). The van der Waals surface area contributed by atoms with Crippen LogP contribution < -0.4 is 5.32 Å². The monoisotopic (exact) mass is 330 g/mol. The Kier molecular flexibility index (Phi) is 5.33. The molecule has 0 aromatic carbocycles. The first-order valence-corrected chi connectivity index (χ1v) is 7.86. The molecule has 2 N–H and O–H groups in total. The van der Waals surface area contributed by atoms with E-state index in [4.69, 9.17) is 5.11 Å². The molecule has 128 valence electrons. The van der Waals surface area contributed by atoms with Crippen molar-refractivity contribution < 1.29 is 14.7 Å². The Morgan fingerprint density at radius 2 is 2.00 bits per heavy atom. The van der Waals surface area contributed by atoms with Crippen molar-refractivity contribution in [3.8, 4) is 0 Å². The van der Waals surface area contributed by atoms with Crippen LogP contribution in [0.15, 0.2) is 24.5 Å². The number of nitrogens with one attached hydrogen (secondary N) is 1. The highest BCUT2D eigenvalue weighted by molar-refractivity contribution is 6.04. The number of hydrogen-bond donors (Lipinski definition) is 2. The Morgan fingerprint density at radius 3 is 2.58 bits per heavy atom. The van der Waals surface area contributed by atoms with E-state index in [0.29, 0.717) is 11.6 Å². The summed E-state index contributed by atoms with van der Waals surface area (Å²) >= 11 is 0. The summed E-state index contributed by atoms with van der Waals surface area (Å²) in [6.07, 6.45) is 2.93. The third-order valence-electron chi connectivity index (χ3n) is 3.45. The quantitative estimate of drug-likeness (QED) is 0.848. The Hall–Kier alpha value is -2.70. The van der Waals surface area contributed by atoms with Gasteiger partial charge in [-0.3, -0.25) is 14.5 Å². The van der Waals surface area contributed by atoms with Crippen LogP contribution in [-0.4, -0.2) is 31.7 Å². The Morgan fingerprint density at radius 1 is 1.29 bits per heavy atom. The van der Waals surface area contributed by atoms with Crippen LogP contribution in [0.4, 0.5) is 5.69 Å². The van der Waals surface area contributed by atoms with Gasteiger partial charge in [0.15, 0.2) is 0 Å². The number of carbonyl (C=O) groups is 2. The van der Waals surface area contributed by atoms with E-state index < -0.39 is 11.9 Å². The second kappa shape index (κ2) is 7.25. The van der Waals surface area contributed by atoms with Crippen LogP contribution in [0.1, 0.15) is 60.2 Å². The normalized spacial score (nSPS) is 11.1. The molecule has 0 atom stereocenters. The zero-order valence-corrected chi connectivity index (χ0v) is 14.3. The molecule has 0 unspecified atom stereocenters. The van der Waals surface area contributed by atoms with Crippen LogP contribution in [-0.2, 0) is 6.54 Å². The van der Waals surface area contributed by atoms with E-state index in [1.165, 1.54) is 18.3 Å². The SMILES string of the molecule is CC(C)Cn1ncc(NC(=O)c2cc(C(=O)O)ccn2)c1C(C)C. The van der Waals surface area contributed by atoms with Gasteiger partial charge in [-0.25, -0.2) is 4.79 Å². The molecule has 0 saturated heterocycles. The zero-order chi connectivity index (χ0) is 17.9. The zero-order valence-electron chi connectivity index (χ0n) is 14.3. The molecular weight excluding hydrogens is 308 g/mol. The average Bonchev–Trinajstić information content (AvgIpc) is 2.89. The van der Waals surface area contributed by atoms with Crippen molar-refractivity contribution in [2.45, 2.75) is 40.2 Å². The van der Waals surface area contributed by atoms with Crippen molar-refractivity contribution in [3.63, 3.8) is 0 Å². The maximum Gasteiger partial charge on any atom is 0.335 e. The summed E-state index contributed by atoms with van der Waals surface area (Å²) < 4.78 is 1.89. The molecule has 0 bridgehead atoms. The molecule has 0 saturated carbocycles. The Labute approximate surface area is 140 Å². The maximum atomic E-state index is 12.4. The minimum atomic E-state index is -1.10. The van der Waals surface area contributed by atoms with Crippen molar-refractivity contribution in [2.24, 2.45) is 5.92 Å². The van der Waals surface area contributed by atoms with Gasteiger partial charge in [-0.05, 0) is 24.0 Å². The number of pyridine rings is 1. The molecule has 2 aromatic rings. The van der Waals surface area contributed by atoms with Gasteiger partial charge in [0.2, 0.25) is 0 Å². The molecule has 0 spiro atoms. The van der Waals surface area contributed by atoms with Crippen molar-refractivity contribution >= 4 is 17.6 Å². The second-order valence-electron chi connectivity index (χ2n) is 6.36. The first-order valence-electron chi connectivity index (χ1n) is 7.86. The number of aromatic carboxylic acids is 1. The standard InChI is InChI=1S/C17H22N4O3/c1-10(2)9-21-15(11(3)4)14(8-19-21)20-16(22)13-7-12(17(23)24)5-6-18-13/h5-8,10-11H,9H2,1-4H3,(H,20,22)(H,23,24). The van der Waals surface area contributed by atoms with Crippen LogP contribution in [0.3, 0.4) is 0 Å². The van der Waals surface area contributed by atoms with Crippen LogP contribution in [0.5, 0.6) is 0 Å². The predicted octanol–water partition coefficient (Wildman–Crippen LogP) is 3.01. The van der Waals surface area contributed by atoms with Crippen LogP contribution >= 0.6 is 0 Å². The number of carboxylic acids is 1. The average molecular weight is 330 g/mol. The molecule has 0 aliphatic carbocycles. The van der Waals surface area contributed by atoms with Crippen molar-refractivity contribution in [2.75, 3.05) is 5.32 Å². The smallest absolute Gasteiger partial charge is 0.335 e. The number of carboxylic acid groups (broad SMARTS) is 1. The van der Waals surface area contributed by atoms with E-state index >= 15 is 0 Å². The minimum absolute atomic E-state index is 0.0229. The molecule has 0 aliphatic heterocycles. The Bertz CT molecular complexity index is 750. The molecule has 1 amide bonds. The van der Waals surface area contributed by atoms with Crippen molar-refractivity contribution in [1.82, 2.24) is 14.8 Å². The molecular formula is C17H22N4O3. The number of anilines is 1. The summed E-state index contributed by atoms with van der Waals surface area (Å²) in [5.41, 5.74) is 1.64. The third-order valence-corrected chi connectivity index (χ3v) is 3.45. The topological polar surface area (TPSA) is 97.1 Å². The molecule has 24 heavy (non-hydrogen) atoms. The summed E-state index contributed by atoms with van der Waals surface area (Å²) in [4.78, 5) is 27.3. The molecule has 0 radical (unpaired) electrons. The van der Waals surface area contributed by atoms with Gasteiger partial charge in [0.05, 0.1) is 23.1 Å². The lowest BCUT2D eigenvalue weighted by Crippen LogP contribution is -2.17. The van der Waals surface area contributed by atoms with Gasteiger partial charge in [-0.2, -0.15) is 5.10 Å². The summed E-state index contributed by atoms with van der Waals surface area (Å²) in [5, 5.41) is 16.2. The molecule has 2 heterocycles. The molecule has 0 fully saturated rings. The van der Waals surface area contributed by atoms with Crippen LogP contribution in [0.25, 0.3) is 0 Å². The first kappa shape index (κ1) is 17.7. The van der Waals surface area contributed by atoms with Gasteiger partial charge >= 0.3 is 5.97 Å². The lowest BCUT2D eigenvalue weighted by Gasteiger charge is -2.14. The summed E-state index contributed by atoms with van der Waals surface area (Å²) in [6, 6.07) is 2.60. The fourth-order valence-electron chi connectivity index (χ4n) is 2.47. The third kappa shape index (κ3) is 3.98. The number of carbonyl (C=O) groups excluding carboxylic acids is 1. The van der Waals surface area contributed by atoms with Crippen molar-refractivity contribution in [3.05, 3.63) is 41.5 Å². The number of aromatic nitrogens is 3. The second-order valence-corrected chi connectivity index (χ2v) is 6.36. The van der Waals surface area contributed by atoms with Gasteiger partial charge in [0.25, 0.3) is 5.91 Å². The molecule has 2 aromatic heterocycles. The first-order chi connectivity index (χ1) is 11.3. The highest BCUT2D eigenvalue weighted by Gasteiger charge is 2.18. The van der Waals surface area contributed by atoms with E-state index in [1.54, 1.807) is 6.20 Å². The Balaban J connectivity index is 2.27. The molecule has 7 nitrogen and oxygen atoms in total. The lowest BCUT2D eigenvalue weighted by molar-refractivity contribution is 0.0696. The highest BCUT2D eigenvalue weighted by atomic mass is 16.4. The van der Waals surface area contributed by atoms with Crippen LogP contribution in [0, 0.1) is 5.92 Å². The lowest BCUT2D eigenvalue weighted by atomic mass is 10.1. The van der Waals surface area contributed by atoms with Gasteiger partial charge in [0.1, 0.15) is 5.69 Å².